The number of hydrogen-bond donors (Lipinski definition) is 1. The summed E-state index contributed by atoms with van der Waals surface area (Å²) in [5, 5.41) is 3.05. The Balaban J connectivity index is 1.91. The zero-order chi connectivity index (χ0) is 17.5. The van der Waals surface area contributed by atoms with Gasteiger partial charge in [-0.15, -0.1) is 0 Å². The summed E-state index contributed by atoms with van der Waals surface area (Å²) in [4.78, 5) is 15.0. The first kappa shape index (κ1) is 19.3. The molecule has 1 aliphatic rings. The Labute approximate surface area is 158 Å². The minimum Gasteiger partial charge on any atom is -0.493 e. The summed E-state index contributed by atoms with van der Waals surface area (Å²) in [6.07, 6.45) is 3.94. The van der Waals surface area contributed by atoms with Gasteiger partial charge in [0.15, 0.2) is 11.5 Å². The smallest absolute Gasteiger partial charge is 0.252 e. The molecule has 2 rings (SSSR count). The molecule has 1 heterocycles. The highest BCUT2D eigenvalue weighted by Crippen LogP contribution is 2.31. The number of likely N-dealkylation sites (tertiary alicyclic amines) is 1. The van der Waals surface area contributed by atoms with E-state index in [2.05, 4.69) is 39.7 Å². The first-order valence-corrected chi connectivity index (χ1v) is 9.55. The van der Waals surface area contributed by atoms with E-state index < -0.39 is 0 Å². The molecule has 1 atom stereocenters. The average molecular weight is 446 g/mol. The molecule has 0 radical (unpaired) electrons. The maximum absolute atomic E-state index is 12.5. The molecule has 0 aromatic heterocycles. The second-order valence-electron chi connectivity index (χ2n) is 6.36. The van der Waals surface area contributed by atoms with E-state index in [-0.39, 0.29) is 5.91 Å². The largest absolute Gasteiger partial charge is 0.493 e. The van der Waals surface area contributed by atoms with Crippen LogP contribution in [0.2, 0.25) is 0 Å². The van der Waals surface area contributed by atoms with Crippen LogP contribution in [-0.4, -0.2) is 51.2 Å². The Bertz CT molecular complexity index is 559. The van der Waals surface area contributed by atoms with E-state index in [0.717, 1.165) is 10.1 Å². The predicted molar refractivity (Wildman–Crippen MR) is 104 cm³/mol. The summed E-state index contributed by atoms with van der Waals surface area (Å²) in [6, 6.07) is 3.57. The number of rotatable bonds is 7. The first-order valence-electron chi connectivity index (χ1n) is 8.47. The van der Waals surface area contributed by atoms with E-state index in [4.69, 9.17) is 9.47 Å². The SMILES string of the molecule is COc1cc(I)c(C(=O)NCC(C)CN2CCCCC2)cc1OC. The zero-order valence-corrected chi connectivity index (χ0v) is 16.9. The summed E-state index contributed by atoms with van der Waals surface area (Å²) in [7, 11) is 3.17. The van der Waals surface area contributed by atoms with Crippen molar-refractivity contribution in [2.75, 3.05) is 40.4 Å². The summed E-state index contributed by atoms with van der Waals surface area (Å²) in [5.41, 5.74) is 0.624. The van der Waals surface area contributed by atoms with Crippen LogP contribution in [0, 0.1) is 9.49 Å². The third-order valence-electron chi connectivity index (χ3n) is 4.35. The van der Waals surface area contributed by atoms with E-state index >= 15 is 0 Å². The molecule has 0 aliphatic carbocycles. The molecule has 1 unspecified atom stereocenters. The van der Waals surface area contributed by atoms with Crippen LogP contribution < -0.4 is 14.8 Å². The van der Waals surface area contributed by atoms with Gasteiger partial charge in [0.2, 0.25) is 0 Å². The van der Waals surface area contributed by atoms with Gasteiger partial charge in [0, 0.05) is 16.7 Å². The maximum atomic E-state index is 12.5. The van der Waals surface area contributed by atoms with Gasteiger partial charge in [-0.25, -0.2) is 0 Å². The molecule has 1 aromatic rings. The second-order valence-corrected chi connectivity index (χ2v) is 7.53. The summed E-state index contributed by atoms with van der Waals surface area (Å²) in [6.45, 7) is 6.29. The Hall–Kier alpha value is -1.02. The van der Waals surface area contributed by atoms with E-state index in [1.807, 2.05) is 6.07 Å². The number of carbonyl (C=O) groups is 1. The molecule has 1 saturated heterocycles. The van der Waals surface area contributed by atoms with Crippen molar-refractivity contribution in [1.82, 2.24) is 10.2 Å². The number of nitrogens with zero attached hydrogens (tertiary/aromatic N) is 1. The van der Waals surface area contributed by atoms with E-state index in [9.17, 15) is 4.79 Å². The minimum atomic E-state index is -0.0640. The zero-order valence-electron chi connectivity index (χ0n) is 14.7. The Kier molecular flexibility index (Phi) is 7.61. The highest BCUT2D eigenvalue weighted by molar-refractivity contribution is 14.1. The molecular weight excluding hydrogens is 419 g/mol. The van der Waals surface area contributed by atoms with E-state index in [0.29, 0.717) is 29.5 Å². The van der Waals surface area contributed by atoms with Crippen molar-refractivity contribution in [3.05, 3.63) is 21.3 Å². The number of ether oxygens (including phenoxy) is 2. The molecule has 1 aliphatic heterocycles. The van der Waals surface area contributed by atoms with Crippen LogP contribution in [0.4, 0.5) is 0 Å². The lowest BCUT2D eigenvalue weighted by Gasteiger charge is -2.29. The second kappa shape index (κ2) is 9.46. The van der Waals surface area contributed by atoms with Gasteiger partial charge in [-0.05, 0) is 66.6 Å². The van der Waals surface area contributed by atoms with Crippen LogP contribution in [0.1, 0.15) is 36.5 Å². The lowest BCUT2D eigenvalue weighted by atomic mass is 10.1. The number of piperidine rings is 1. The number of nitrogens with one attached hydrogen (secondary N) is 1. The topological polar surface area (TPSA) is 50.8 Å². The van der Waals surface area contributed by atoms with Gasteiger partial charge in [-0.3, -0.25) is 4.79 Å². The predicted octanol–water partition coefficient (Wildman–Crippen LogP) is 3.16. The molecule has 0 saturated carbocycles. The van der Waals surface area contributed by atoms with E-state index in [1.165, 1.54) is 32.4 Å². The fourth-order valence-electron chi connectivity index (χ4n) is 3.04. The lowest BCUT2D eigenvalue weighted by molar-refractivity contribution is 0.0941. The Morgan fingerprint density at radius 2 is 1.83 bits per heavy atom. The van der Waals surface area contributed by atoms with Crippen LogP contribution in [0.15, 0.2) is 12.1 Å². The number of benzene rings is 1. The number of hydrogen-bond acceptors (Lipinski definition) is 4. The monoisotopic (exact) mass is 446 g/mol. The molecule has 0 spiro atoms. The summed E-state index contributed by atoms with van der Waals surface area (Å²) in [5.74, 6) is 1.58. The number of amides is 1. The first-order chi connectivity index (χ1) is 11.5. The molecule has 0 bridgehead atoms. The third kappa shape index (κ3) is 5.24. The molecule has 1 fully saturated rings. The van der Waals surface area contributed by atoms with Crippen LogP contribution >= 0.6 is 22.6 Å². The van der Waals surface area contributed by atoms with Gasteiger partial charge in [-0.1, -0.05) is 13.3 Å². The van der Waals surface area contributed by atoms with Crippen molar-refractivity contribution >= 4 is 28.5 Å². The quantitative estimate of drug-likeness (QED) is 0.654. The van der Waals surface area contributed by atoms with Crippen molar-refractivity contribution in [1.29, 1.82) is 0 Å². The number of halogens is 1. The molecule has 134 valence electrons. The van der Waals surface area contributed by atoms with Crippen LogP contribution in [0.5, 0.6) is 11.5 Å². The van der Waals surface area contributed by atoms with Crippen LogP contribution in [0.25, 0.3) is 0 Å². The fraction of sp³-hybridized carbons (Fsp3) is 0.611. The minimum absolute atomic E-state index is 0.0640. The third-order valence-corrected chi connectivity index (χ3v) is 5.24. The molecule has 5 nitrogen and oxygen atoms in total. The highest BCUT2D eigenvalue weighted by atomic mass is 127. The molecule has 24 heavy (non-hydrogen) atoms. The van der Waals surface area contributed by atoms with Crippen molar-refractivity contribution in [3.8, 4) is 11.5 Å². The fourth-order valence-corrected chi connectivity index (χ4v) is 3.72. The number of carbonyl (C=O) groups excluding carboxylic acids is 1. The molecule has 1 aromatic carbocycles. The van der Waals surface area contributed by atoms with Gasteiger partial charge in [-0.2, -0.15) is 0 Å². The van der Waals surface area contributed by atoms with E-state index in [1.54, 1.807) is 20.3 Å². The van der Waals surface area contributed by atoms with Crippen molar-refractivity contribution in [2.24, 2.45) is 5.92 Å². The van der Waals surface area contributed by atoms with Crippen molar-refractivity contribution < 1.29 is 14.3 Å². The Morgan fingerprint density at radius 1 is 1.21 bits per heavy atom. The normalized spacial score (nSPS) is 16.5. The highest BCUT2D eigenvalue weighted by Gasteiger charge is 2.17. The van der Waals surface area contributed by atoms with Crippen molar-refractivity contribution in [2.45, 2.75) is 26.2 Å². The Morgan fingerprint density at radius 3 is 2.46 bits per heavy atom. The van der Waals surface area contributed by atoms with Gasteiger partial charge in [0.25, 0.3) is 5.91 Å². The standard InChI is InChI=1S/C18H27IN2O3/c1-13(12-21-7-5-4-6-8-21)11-20-18(22)14-9-16(23-2)17(24-3)10-15(14)19/h9-10,13H,4-8,11-12H2,1-3H3,(H,20,22). The lowest BCUT2D eigenvalue weighted by Crippen LogP contribution is -2.38. The summed E-state index contributed by atoms with van der Waals surface area (Å²) < 4.78 is 11.4. The van der Waals surface area contributed by atoms with Crippen LogP contribution in [0.3, 0.4) is 0 Å². The van der Waals surface area contributed by atoms with Gasteiger partial charge in [0.05, 0.1) is 19.8 Å². The molecule has 1 N–H and O–H groups in total. The van der Waals surface area contributed by atoms with Gasteiger partial charge >= 0.3 is 0 Å². The summed E-state index contributed by atoms with van der Waals surface area (Å²) >= 11 is 2.15. The van der Waals surface area contributed by atoms with Gasteiger partial charge < -0.3 is 19.7 Å². The molecular formula is C18H27IN2O3. The maximum Gasteiger partial charge on any atom is 0.252 e. The van der Waals surface area contributed by atoms with Gasteiger partial charge in [0.1, 0.15) is 0 Å². The molecule has 1 amide bonds. The number of methoxy groups -OCH3 is 2. The van der Waals surface area contributed by atoms with Crippen molar-refractivity contribution in [3.63, 3.8) is 0 Å². The van der Waals surface area contributed by atoms with Crippen LogP contribution in [-0.2, 0) is 0 Å². The average Bonchev–Trinajstić information content (AvgIpc) is 2.60. The molecule has 6 heteroatoms.